The summed E-state index contributed by atoms with van der Waals surface area (Å²) in [5.74, 6) is 1.39. The maximum atomic E-state index is 13.6. The van der Waals surface area contributed by atoms with Crippen LogP contribution in [0.4, 0.5) is 4.39 Å². The second-order valence-corrected chi connectivity index (χ2v) is 6.69. The first-order valence-electron chi connectivity index (χ1n) is 8.28. The molecule has 1 fully saturated rings. The van der Waals surface area contributed by atoms with Gasteiger partial charge in [0.05, 0.1) is 0 Å². The molecule has 0 spiro atoms. The molecular formula is C18H29FN2. The first-order valence-corrected chi connectivity index (χ1v) is 8.28. The summed E-state index contributed by atoms with van der Waals surface area (Å²) in [6.45, 7) is 8.86. The van der Waals surface area contributed by atoms with Crippen LogP contribution in [0, 0.1) is 17.7 Å². The van der Waals surface area contributed by atoms with Gasteiger partial charge in [-0.15, -0.1) is 0 Å². The number of rotatable bonds is 5. The predicted molar refractivity (Wildman–Crippen MR) is 86.5 cm³/mol. The third-order valence-electron chi connectivity index (χ3n) is 4.98. The topological polar surface area (TPSA) is 29.3 Å². The van der Waals surface area contributed by atoms with Crippen LogP contribution >= 0.6 is 0 Å². The second kappa shape index (κ2) is 7.37. The highest BCUT2D eigenvalue weighted by Gasteiger charge is 2.30. The minimum Gasteiger partial charge on any atom is -0.326 e. The Kier molecular flexibility index (Phi) is 5.77. The van der Waals surface area contributed by atoms with Crippen LogP contribution in [0.15, 0.2) is 24.3 Å². The van der Waals surface area contributed by atoms with Gasteiger partial charge in [-0.3, -0.25) is 4.90 Å². The van der Waals surface area contributed by atoms with E-state index in [1.807, 2.05) is 6.07 Å². The fourth-order valence-corrected chi connectivity index (χ4v) is 3.51. The molecule has 1 aliphatic heterocycles. The summed E-state index contributed by atoms with van der Waals surface area (Å²) in [5.41, 5.74) is 7.38. The van der Waals surface area contributed by atoms with E-state index < -0.39 is 0 Å². The Labute approximate surface area is 128 Å². The monoisotopic (exact) mass is 292 g/mol. The molecule has 1 aliphatic rings. The van der Waals surface area contributed by atoms with Crippen LogP contribution < -0.4 is 5.73 Å². The summed E-state index contributed by atoms with van der Waals surface area (Å²) in [6.07, 6.45) is 3.35. The second-order valence-electron chi connectivity index (χ2n) is 6.69. The van der Waals surface area contributed by atoms with Gasteiger partial charge >= 0.3 is 0 Å². The normalized spacial score (nSPS) is 20.7. The molecule has 0 aliphatic carbocycles. The Hall–Kier alpha value is -0.930. The van der Waals surface area contributed by atoms with E-state index in [2.05, 4.69) is 25.7 Å². The van der Waals surface area contributed by atoms with Crippen molar-refractivity contribution in [1.29, 1.82) is 0 Å². The Bertz CT molecular complexity index is 439. The van der Waals surface area contributed by atoms with Crippen molar-refractivity contribution < 1.29 is 4.39 Å². The van der Waals surface area contributed by atoms with Gasteiger partial charge in [-0.2, -0.15) is 0 Å². The molecule has 21 heavy (non-hydrogen) atoms. The minimum absolute atomic E-state index is 0.0578. The molecule has 0 amide bonds. The first-order chi connectivity index (χ1) is 10.0. The summed E-state index contributed by atoms with van der Waals surface area (Å²) in [6, 6.07) is 7.15. The van der Waals surface area contributed by atoms with Crippen LogP contribution in [-0.4, -0.2) is 24.0 Å². The van der Waals surface area contributed by atoms with Gasteiger partial charge in [-0.05, 0) is 61.9 Å². The highest BCUT2D eigenvalue weighted by Crippen LogP contribution is 2.32. The molecule has 118 valence electrons. The zero-order valence-electron chi connectivity index (χ0n) is 13.6. The Morgan fingerprint density at radius 3 is 2.48 bits per heavy atom. The molecule has 0 radical (unpaired) electrons. The van der Waals surface area contributed by atoms with Crippen molar-refractivity contribution in [2.45, 2.75) is 52.1 Å². The molecule has 1 aromatic rings. The van der Waals surface area contributed by atoms with E-state index in [4.69, 9.17) is 5.73 Å². The molecule has 0 bridgehead atoms. The van der Waals surface area contributed by atoms with Crippen LogP contribution in [0.1, 0.15) is 51.6 Å². The van der Waals surface area contributed by atoms with Gasteiger partial charge in [0.1, 0.15) is 5.82 Å². The summed E-state index contributed by atoms with van der Waals surface area (Å²) >= 11 is 0. The zero-order chi connectivity index (χ0) is 15.4. The van der Waals surface area contributed by atoms with Gasteiger partial charge in [-0.1, -0.05) is 32.9 Å². The lowest BCUT2D eigenvalue weighted by Gasteiger charge is -2.41. The van der Waals surface area contributed by atoms with Gasteiger partial charge < -0.3 is 5.73 Å². The highest BCUT2D eigenvalue weighted by atomic mass is 19.1. The number of halogens is 1. The molecule has 0 aromatic heterocycles. The van der Waals surface area contributed by atoms with E-state index in [0.717, 1.165) is 36.9 Å². The van der Waals surface area contributed by atoms with Crippen LogP contribution in [0.2, 0.25) is 0 Å². The van der Waals surface area contributed by atoms with Crippen LogP contribution in [0.25, 0.3) is 0 Å². The third-order valence-corrected chi connectivity index (χ3v) is 4.98. The van der Waals surface area contributed by atoms with Crippen molar-refractivity contribution in [3.05, 3.63) is 35.6 Å². The lowest BCUT2D eigenvalue weighted by atomic mass is 9.85. The number of nitrogens with zero attached hydrogens (tertiary/aromatic N) is 1. The molecule has 2 unspecified atom stereocenters. The standard InChI is InChI=1S/C18H29FN2/c1-4-17(20)18(15-6-5-7-16(19)12-15)21-10-8-14(9-11-21)13(2)3/h5-7,12-14,17-18H,4,8-11,20H2,1-3H3. The Balaban J connectivity index is 2.14. The minimum atomic E-state index is -0.169. The summed E-state index contributed by atoms with van der Waals surface area (Å²) in [7, 11) is 0. The molecule has 0 saturated carbocycles. The van der Waals surface area contributed by atoms with Crippen LogP contribution in [0.3, 0.4) is 0 Å². The van der Waals surface area contributed by atoms with E-state index >= 15 is 0 Å². The lowest BCUT2D eigenvalue weighted by molar-refractivity contribution is 0.0991. The number of hydrogen-bond acceptors (Lipinski definition) is 2. The number of likely N-dealkylation sites (tertiary alicyclic amines) is 1. The van der Waals surface area contributed by atoms with Gasteiger partial charge in [0.2, 0.25) is 0 Å². The SMILES string of the molecule is CCC(N)C(c1cccc(F)c1)N1CCC(C(C)C)CC1. The fraction of sp³-hybridized carbons (Fsp3) is 0.667. The zero-order valence-corrected chi connectivity index (χ0v) is 13.6. The van der Waals surface area contributed by atoms with Crippen molar-refractivity contribution in [3.8, 4) is 0 Å². The van der Waals surface area contributed by atoms with Crippen LogP contribution in [0.5, 0.6) is 0 Å². The number of hydrogen-bond donors (Lipinski definition) is 1. The quantitative estimate of drug-likeness (QED) is 0.889. The van der Waals surface area contributed by atoms with E-state index in [-0.39, 0.29) is 17.9 Å². The molecule has 2 N–H and O–H groups in total. The number of benzene rings is 1. The van der Waals surface area contributed by atoms with Gasteiger partial charge in [0.15, 0.2) is 0 Å². The largest absolute Gasteiger partial charge is 0.326 e. The first kappa shape index (κ1) is 16.4. The van der Waals surface area contributed by atoms with E-state index in [9.17, 15) is 4.39 Å². The molecule has 2 nitrogen and oxygen atoms in total. The average Bonchev–Trinajstić information content (AvgIpc) is 2.48. The van der Waals surface area contributed by atoms with Crippen molar-refractivity contribution >= 4 is 0 Å². The highest BCUT2D eigenvalue weighted by molar-refractivity contribution is 5.22. The maximum absolute atomic E-state index is 13.6. The molecule has 3 heteroatoms. The average molecular weight is 292 g/mol. The van der Waals surface area contributed by atoms with Crippen molar-refractivity contribution in [2.75, 3.05) is 13.1 Å². The number of piperidine rings is 1. The van der Waals surface area contributed by atoms with Crippen molar-refractivity contribution in [3.63, 3.8) is 0 Å². The Morgan fingerprint density at radius 2 is 1.95 bits per heavy atom. The molecule has 2 rings (SSSR count). The van der Waals surface area contributed by atoms with E-state index in [0.29, 0.717) is 0 Å². The van der Waals surface area contributed by atoms with Crippen molar-refractivity contribution in [1.82, 2.24) is 4.90 Å². The summed E-state index contributed by atoms with van der Waals surface area (Å²) in [5, 5.41) is 0. The molecular weight excluding hydrogens is 263 g/mol. The Morgan fingerprint density at radius 1 is 1.29 bits per heavy atom. The van der Waals surface area contributed by atoms with Crippen molar-refractivity contribution in [2.24, 2.45) is 17.6 Å². The summed E-state index contributed by atoms with van der Waals surface area (Å²) < 4.78 is 13.6. The lowest BCUT2D eigenvalue weighted by Crippen LogP contribution is -2.45. The van der Waals surface area contributed by atoms with Crippen LogP contribution in [-0.2, 0) is 0 Å². The predicted octanol–water partition coefficient (Wildman–Crippen LogP) is 3.97. The van der Waals surface area contributed by atoms with Gasteiger partial charge in [0.25, 0.3) is 0 Å². The molecule has 1 heterocycles. The van der Waals surface area contributed by atoms with Gasteiger partial charge in [-0.25, -0.2) is 4.39 Å². The molecule has 1 aromatic carbocycles. The third kappa shape index (κ3) is 4.04. The fourth-order valence-electron chi connectivity index (χ4n) is 3.51. The smallest absolute Gasteiger partial charge is 0.123 e. The van der Waals surface area contributed by atoms with E-state index in [1.54, 1.807) is 12.1 Å². The molecule has 2 atom stereocenters. The maximum Gasteiger partial charge on any atom is 0.123 e. The molecule has 1 saturated heterocycles. The summed E-state index contributed by atoms with van der Waals surface area (Å²) in [4.78, 5) is 2.46. The van der Waals surface area contributed by atoms with Gasteiger partial charge in [0, 0.05) is 12.1 Å². The number of nitrogens with two attached hydrogens (primary N) is 1. The van der Waals surface area contributed by atoms with E-state index in [1.165, 1.54) is 18.9 Å².